The molecule has 2 rings (SSSR count). The molecule has 0 aromatic carbocycles. The second kappa shape index (κ2) is 5.04. The van der Waals surface area contributed by atoms with Gasteiger partial charge in [0.2, 0.25) is 5.91 Å². The van der Waals surface area contributed by atoms with Crippen molar-refractivity contribution in [3.05, 3.63) is 0 Å². The monoisotopic (exact) mass is 241 g/mol. The van der Waals surface area contributed by atoms with Crippen molar-refractivity contribution in [2.24, 2.45) is 17.8 Å². The van der Waals surface area contributed by atoms with Crippen LogP contribution < -0.4 is 0 Å². The molecule has 0 aromatic heterocycles. The number of hydrogen-bond donors (Lipinski definition) is 1. The summed E-state index contributed by atoms with van der Waals surface area (Å²) in [4.78, 5) is 24.5. The minimum Gasteiger partial charge on any atom is -0.481 e. The Morgan fingerprint density at radius 1 is 1.41 bits per heavy atom. The highest BCUT2D eigenvalue weighted by Crippen LogP contribution is 2.40. The largest absolute Gasteiger partial charge is 0.481 e. The number of likely N-dealkylation sites (tertiary alicyclic amines) is 1. The third-order valence-corrected chi connectivity index (χ3v) is 3.58. The number of carbonyl (C=O) groups is 2. The van der Waals surface area contributed by atoms with Crippen LogP contribution in [0, 0.1) is 17.8 Å². The fourth-order valence-electron chi connectivity index (χ4n) is 2.43. The highest BCUT2D eigenvalue weighted by molar-refractivity contribution is 5.89. The maximum Gasteiger partial charge on any atom is 0.307 e. The van der Waals surface area contributed by atoms with Crippen molar-refractivity contribution in [2.75, 3.05) is 26.3 Å². The Balaban J connectivity index is 1.77. The summed E-state index contributed by atoms with van der Waals surface area (Å²) in [7, 11) is 0. The van der Waals surface area contributed by atoms with Crippen LogP contribution in [0.2, 0.25) is 0 Å². The Kier molecular flexibility index (Phi) is 3.66. The van der Waals surface area contributed by atoms with Gasteiger partial charge in [0.15, 0.2) is 0 Å². The topological polar surface area (TPSA) is 66.8 Å². The Hall–Kier alpha value is -1.10. The maximum absolute atomic E-state index is 12.0. The molecule has 5 nitrogen and oxygen atoms in total. The van der Waals surface area contributed by atoms with Crippen LogP contribution in [0.3, 0.4) is 0 Å². The fraction of sp³-hybridized carbons (Fsp3) is 0.833. The van der Waals surface area contributed by atoms with Crippen molar-refractivity contribution in [2.45, 2.75) is 19.8 Å². The van der Waals surface area contributed by atoms with Crippen LogP contribution >= 0.6 is 0 Å². The van der Waals surface area contributed by atoms with E-state index in [2.05, 4.69) is 0 Å². The van der Waals surface area contributed by atoms with Crippen molar-refractivity contribution in [1.82, 2.24) is 4.90 Å². The highest BCUT2D eigenvalue weighted by Gasteiger charge is 2.50. The summed E-state index contributed by atoms with van der Waals surface area (Å²) >= 11 is 0. The Morgan fingerprint density at radius 3 is 2.76 bits per heavy atom. The summed E-state index contributed by atoms with van der Waals surface area (Å²) in [5.41, 5.74) is 0. The van der Waals surface area contributed by atoms with E-state index >= 15 is 0 Å². The zero-order valence-electron chi connectivity index (χ0n) is 10.1. The van der Waals surface area contributed by atoms with Gasteiger partial charge in [0.25, 0.3) is 0 Å². The molecule has 0 aromatic rings. The van der Waals surface area contributed by atoms with Crippen LogP contribution in [0.15, 0.2) is 0 Å². The van der Waals surface area contributed by atoms with Crippen molar-refractivity contribution in [1.29, 1.82) is 0 Å². The molecule has 0 radical (unpaired) electrons. The molecule has 1 aliphatic carbocycles. The van der Waals surface area contributed by atoms with E-state index in [0.717, 1.165) is 19.5 Å². The zero-order valence-corrected chi connectivity index (χ0v) is 10.1. The number of amides is 1. The van der Waals surface area contributed by atoms with E-state index in [9.17, 15) is 9.59 Å². The van der Waals surface area contributed by atoms with E-state index < -0.39 is 11.9 Å². The molecule has 0 bridgehead atoms. The van der Waals surface area contributed by atoms with Gasteiger partial charge in [0.05, 0.1) is 18.4 Å². The van der Waals surface area contributed by atoms with E-state index in [-0.39, 0.29) is 11.8 Å². The van der Waals surface area contributed by atoms with Gasteiger partial charge in [-0.05, 0) is 19.8 Å². The number of carboxylic acid groups (broad SMARTS) is 1. The predicted octanol–water partition coefficient (Wildman–Crippen LogP) is 0.592. The van der Waals surface area contributed by atoms with Crippen LogP contribution in [0.5, 0.6) is 0 Å². The van der Waals surface area contributed by atoms with Gasteiger partial charge in [-0.2, -0.15) is 0 Å². The van der Waals surface area contributed by atoms with Gasteiger partial charge < -0.3 is 14.7 Å². The Morgan fingerprint density at radius 2 is 2.18 bits per heavy atom. The molecule has 1 N–H and O–H groups in total. The first-order valence-corrected chi connectivity index (χ1v) is 6.22. The van der Waals surface area contributed by atoms with Crippen LogP contribution in [0.4, 0.5) is 0 Å². The molecule has 1 aliphatic heterocycles. The van der Waals surface area contributed by atoms with E-state index in [0.29, 0.717) is 25.6 Å². The summed E-state index contributed by atoms with van der Waals surface area (Å²) in [6, 6.07) is 0. The smallest absolute Gasteiger partial charge is 0.307 e. The van der Waals surface area contributed by atoms with Gasteiger partial charge in [-0.15, -0.1) is 0 Å². The SMILES string of the molecule is CCOCC1CCN(C(=O)C2CC2C(=O)O)C1. The molecule has 96 valence electrons. The first-order valence-electron chi connectivity index (χ1n) is 6.22. The molecule has 1 heterocycles. The Labute approximate surface area is 101 Å². The number of carbonyl (C=O) groups excluding carboxylic acids is 1. The number of aliphatic carboxylic acids is 1. The maximum atomic E-state index is 12.0. The molecule has 1 saturated carbocycles. The lowest BCUT2D eigenvalue weighted by Gasteiger charge is -2.16. The van der Waals surface area contributed by atoms with Crippen molar-refractivity contribution < 1.29 is 19.4 Å². The van der Waals surface area contributed by atoms with Gasteiger partial charge in [-0.25, -0.2) is 0 Å². The number of carboxylic acids is 1. The van der Waals surface area contributed by atoms with Crippen LogP contribution in [0.25, 0.3) is 0 Å². The number of hydrogen-bond acceptors (Lipinski definition) is 3. The molecule has 1 saturated heterocycles. The lowest BCUT2D eigenvalue weighted by Crippen LogP contribution is -2.31. The molecule has 3 unspecified atom stereocenters. The number of ether oxygens (including phenoxy) is 1. The molecule has 1 amide bonds. The average molecular weight is 241 g/mol. The van der Waals surface area contributed by atoms with E-state index in [1.165, 1.54) is 0 Å². The summed E-state index contributed by atoms with van der Waals surface area (Å²) in [6.45, 7) is 4.84. The summed E-state index contributed by atoms with van der Waals surface area (Å²) in [6.07, 6.45) is 1.48. The lowest BCUT2D eigenvalue weighted by atomic mass is 10.1. The molecule has 17 heavy (non-hydrogen) atoms. The summed E-state index contributed by atoms with van der Waals surface area (Å²) in [5, 5.41) is 8.79. The van der Waals surface area contributed by atoms with Gasteiger partial charge in [0.1, 0.15) is 0 Å². The predicted molar refractivity (Wildman–Crippen MR) is 60.4 cm³/mol. The second-order valence-electron chi connectivity index (χ2n) is 4.89. The molecule has 2 aliphatic rings. The Bertz CT molecular complexity index is 318. The minimum atomic E-state index is -0.839. The van der Waals surface area contributed by atoms with Gasteiger partial charge in [-0.1, -0.05) is 0 Å². The van der Waals surface area contributed by atoms with Crippen LogP contribution in [-0.4, -0.2) is 48.2 Å². The first kappa shape index (κ1) is 12.4. The third-order valence-electron chi connectivity index (χ3n) is 3.58. The summed E-state index contributed by atoms with van der Waals surface area (Å²) in [5.74, 6) is -1.10. The minimum absolute atomic E-state index is 0.0244. The van der Waals surface area contributed by atoms with Crippen molar-refractivity contribution >= 4 is 11.9 Å². The summed E-state index contributed by atoms with van der Waals surface area (Å²) < 4.78 is 5.35. The number of rotatable bonds is 5. The zero-order chi connectivity index (χ0) is 12.4. The highest BCUT2D eigenvalue weighted by atomic mass is 16.5. The van der Waals surface area contributed by atoms with Crippen molar-refractivity contribution in [3.63, 3.8) is 0 Å². The lowest BCUT2D eigenvalue weighted by molar-refractivity contribution is -0.141. The average Bonchev–Trinajstić information content (AvgIpc) is 2.98. The van der Waals surface area contributed by atoms with E-state index in [1.807, 2.05) is 6.92 Å². The van der Waals surface area contributed by atoms with Gasteiger partial charge in [-0.3, -0.25) is 9.59 Å². The molecular weight excluding hydrogens is 222 g/mol. The normalized spacial score (nSPS) is 31.6. The van der Waals surface area contributed by atoms with E-state index in [1.54, 1.807) is 4.90 Å². The van der Waals surface area contributed by atoms with Gasteiger partial charge >= 0.3 is 5.97 Å². The standard InChI is InChI=1S/C12H19NO4/c1-2-17-7-8-3-4-13(6-8)11(14)9-5-10(9)12(15)16/h8-10H,2-7H2,1H3,(H,15,16). The molecular formula is C12H19NO4. The molecule has 3 atom stereocenters. The van der Waals surface area contributed by atoms with Crippen LogP contribution in [-0.2, 0) is 14.3 Å². The quantitative estimate of drug-likeness (QED) is 0.765. The van der Waals surface area contributed by atoms with Gasteiger partial charge in [0, 0.05) is 25.6 Å². The molecule has 5 heteroatoms. The van der Waals surface area contributed by atoms with E-state index in [4.69, 9.17) is 9.84 Å². The second-order valence-corrected chi connectivity index (χ2v) is 4.89. The van der Waals surface area contributed by atoms with Crippen molar-refractivity contribution in [3.8, 4) is 0 Å². The molecule has 0 spiro atoms. The first-order chi connectivity index (χ1) is 8.13. The molecule has 2 fully saturated rings. The number of nitrogens with zero attached hydrogens (tertiary/aromatic N) is 1. The third kappa shape index (κ3) is 2.77. The fourth-order valence-corrected chi connectivity index (χ4v) is 2.43. The van der Waals surface area contributed by atoms with Crippen LogP contribution in [0.1, 0.15) is 19.8 Å².